The van der Waals surface area contributed by atoms with Gasteiger partial charge in [0.1, 0.15) is 6.61 Å². The highest BCUT2D eigenvalue weighted by molar-refractivity contribution is 5.67. The summed E-state index contributed by atoms with van der Waals surface area (Å²) in [5, 5.41) is 12.2. The van der Waals surface area contributed by atoms with Crippen LogP contribution in [0.1, 0.15) is 88.7 Å². The first-order valence-corrected chi connectivity index (χ1v) is 16.8. The average molecular weight is 593 g/mol. The topological polar surface area (TPSA) is 71.5 Å². The van der Waals surface area contributed by atoms with Crippen molar-refractivity contribution < 1.29 is 24.1 Å². The van der Waals surface area contributed by atoms with Crippen LogP contribution in [-0.4, -0.2) is 66.1 Å². The zero-order valence-electron chi connectivity index (χ0n) is 26.2. The maximum atomic E-state index is 13.3. The number of fused-ring (bicyclic) bond motifs is 1. The number of carbonyl (C=O) groups is 1. The van der Waals surface area contributed by atoms with E-state index in [-0.39, 0.29) is 18.6 Å². The molecule has 2 heterocycles. The molecule has 2 unspecified atom stereocenters. The van der Waals surface area contributed by atoms with Crippen molar-refractivity contribution in [2.24, 2.45) is 11.8 Å². The van der Waals surface area contributed by atoms with Crippen molar-refractivity contribution >= 4 is 6.09 Å². The Morgan fingerprint density at radius 2 is 1.65 bits per heavy atom. The fourth-order valence-electron chi connectivity index (χ4n) is 7.29. The van der Waals surface area contributed by atoms with Crippen molar-refractivity contribution in [3.8, 4) is 11.5 Å². The predicted molar refractivity (Wildman–Crippen MR) is 169 cm³/mol. The first-order chi connectivity index (χ1) is 21.0. The van der Waals surface area contributed by atoms with E-state index in [1.54, 1.807) is 4.90 Å². The van der Waals surface area contributed by atoms with Gasteiger partial charge in [-0.2, -0.15) is 0 Å². The number of aryl methyl sites for hydroxylation is 1. The molecule has 1 N–H and O–H groups in total. The second kappa shape index (κ2) is 15.8. The van der Waals surface area contributed by atoms with Gasteiger partial charge in [0, 0.05) is 19.0 Å². The number of nitrogens with zero attached hydrogens (tertiary/aromatic N) is 2. The molecule has 43 heavy (non-hydrogen) atoms. The molecule has 0 spiro atoms. The van der Waals surface area contributed by atoms with Gasteiger partial charge in [-0.25, -0.2) is 4.79 Å². The van der Waals surface area contributed by atoms with E-state index in [0.717, 1.165) is 75.2 Å². The predicted octanol–water partition coefficient (Wildman–Crippen LogP) is 7.20. The highest BCUT2D eigenvalue weighted by Gasteiger charge is 2.41. The van der Waals surface area contributed by atoms with Crippen LogP contribution in [0.2, 0.25) is 0 Å². The number of ether oxygens (including phenoxy) is 3. The monoisotopic (exact) mass is 592 g/mol. The van der Waals surface area contributed by atoms with Crippen LogP contribution in [0.25, 0.3) is 0 Å². The summed E-state index contributed by atoms with van der Waals surface area (Å²) in [6.07, 6.45) is 13.8. The van der Waals surface area contributed by atoms with Gasteiger partial charge in [0.05, 0.1) is 12.1 Å². The van der Waals surface area contributed by atoms with E-state index in [2.05, 4.69) is 17.0 Å². The summed E-state index contributed by atoms with van der Waals surface area (Å²) in [6.45, 7) is 6.25. The summed E-state index contributed by atoms with van der Waals surface area (Å²) in [6, 6.07) is 16.1. The van der Waals surface area contributed by atoms with E-state index in [1.807, 2.05) is 43.3 Å². The van der Waals surface area contributed by atoms with Gasteiger partial charge >= 0.3 is 6.09 Å². The molecule has 0 bridgehead atoms. The Hall–Kier alpha value is -2.77. The zero-order chi connectivity index (χ0) is 29.9. The number of rotatable bonds is 8. The van der Waals surface area contributed by atoms with Crippen molar-refractivity contribution in [2.45, 2.75) is 96.2 Å². The van der Waals surface area contributed by atoms with Crippen LogP contribution >= 0.6 is 0 Å². The van der Waals surface area contributed by atoms with Crippen LogP contribution in [0.5, 0.6) is 11.5 Å². The number of benzene rings is 2. The van der Waals surface area contributed by atoms with Crippen LogP contribution in [0.15, 0.2) is 48.5 Å². The molecule has 1 aliphatic carbocycles. The van der Waals surface area contributed by atoms with E-state index in [4.69, 9.17) is 14.2 Å². The number of unbranched alkanes of at least 4 members (excludes halogenated alkanes) is 1. The molecule has 1 saturated heterocycles. The van der Waals surface area contributed by atoms with Crippen molar-refractivity contribution in [2.75, 3.05) is 39.5 Å². The van der Waals surface area contributed by atoms with Gasteiger partial charge in [0.2, 0.25) is 6.79 Å². The lowest BCUT2D eigenvalue weighted by Crippen LogP contribution is -2.52. The van der Waals surface area contributed by atoms with Crippen LogP contribution < -0.4 is 9.47 Å². The molecule has 7 nitrogen and oxygen atoms in total. The van der Waals surface area contributed by atoms with Gasteiger partial charge < -0.3 is 29.1 Å². The molecular weight excluding hydrogens is 540 g/mol. The maximum absolute atomic E-state index is 13.3. The van der Waals surface area contributed by atoms with Crippen molar-refractivity contribution in [1.82, 2.24) is 9.80 Å². The number of hydrogen-bond acceptors (Lipinski definition) is 6. The lowest BCUT2D eigenvalue weighted by molar-refractivity contribution is -0.0597. The highest BCUT2D eigenvalue weighted by Crippen LogP contribution is 2.37. The summed E-state index contributed by atoms with van der Waals surface area (Å²) in [4.78, 5) is 17.7. The number of β-amino-alcohol motifs (C(OH)–C–C–N with tert-alkyl or cyclic N) is 1. The van der Waals surface area contributed by atoms with Crippen LogP contribution in [0.3, 0.4) is 0 Å². The van der Waals surface area contributed by atoms with Gasteiger partial charge in [0.15, 0.2) is 11.5 Å². The third-order valence-corrected chi connectivity index (χ3v) is 9.73. The lowest BCUT2D eigenvalue weighted by atomic mass is 9.74. The Balaban J connectivity index is 1.24. The molecule has 5 rings (SSSR count). The summed E-state index contributed by atoms with van der Waals surface area (Å²) in [7, 11) is 0. The molecule has 2 aromatic carbocycles. The smallest absolute Gasteiger partial charge is 0.410 e. The Morgan fingerprint density at radius 1 is 0.907 bits per heavy atom. The minimum absolute atomic E-state index is 0.113. The Labute approximate surface area is 258 Å². The van der Waals surface area contributed by atoms with E-state index in [1.165, 1.54) is 44.1 Å². The summed E-state index contributed by atoms with van der Waals surface area (Å²) in [5.74, 6) is 2.26. The number of hydrogen-bond donors (Lipinski definition) is 1. The van der Waals surface area contributed by atoms with Crippen LogP contribution in [0, 0.1) is 11.8 Å². The summed E-state index contributed by atoms with van der Waals surface area (Å²) in [5.41, 5.74) is 1.27. The highest BCUT2D eigenvalue weighted by atomic mass is 16.7. The van der Waals surface area contributed by atoms with Crippen LogP contribution in [0.4, 0.5) is 4.79 Å². The van der Waals surface area contributed by atoms with E-state index in [9.17, 15) is 9.90 Å². The molecule has 0 aromatic heterocycles. The molecule has 0 radical (unpaired) electrons. The molecular formula is C36H52N2O5. The molecule has 7 heteroatoms. The SMILES string of the molecule is CC1(O)CN(C(=O)OCc2ccccc2)CCCN(CCCCc2ccc3c(c2)OCO3)CC1C1CCCCCCCC1. The Bertz CT molecular complexity index is 1130. The molecule has 2 fully saturated rings. The first kappa shape index (κ1) is 31.6. The number of carbonyl (C=O) groups excluding carboxylic acids is 1. The van der Waals surface area contributed by atoms with Gasteiger partial charge in [-0.05, 0) is 74.9 Å². The Morgan fingerprint density at radius 3 is 2.44 bits per heavy atom. The molecule has 1 saturated carbocycles. The molecule has 2 atom stereocenters. The molecule has 1 amide bonds. The van der Waals surface area contributed by atoms with Crippen molar-refractivity contribution in [3.63, 3.8) is 0 Å². The van der Waals surface area contributed by atoms with Crippen molar-refractivity contribution in [1.29, 1.82) is 0 Å². The first-order valence-electron chi connectivity index (χ1n) is 16.8. The second-order valence-corrected chi connectivity index (χ2v) is 13.2. The molecule has 236 valence electrons. The van der Waals surface area contributed by atoms with E-state index in [0.29, 0.717) is 25.8 Å². The van der Waals surface area contributed by atoms with Gasteiger partial charge in [-0.3, -0.25) is 0 Å². The largest absolute Gasteiger partial charge is 0.454 e. The maximum Gasteiger partial charge on any atom is 0.410 e. The Kier molecular flexibility index (Phi) is 11.6. The molecule has 2 aromatic rings. The zero-order valence-corrected chi connectivity index (χ0v) is 26.2. The third kappa shape index (κ3) is 9.36. The minimum atomic E-state index is -0.987. The fraction of sp³-hybridized carbons (Fsp3) is 0.639. The van der Waals surface area contributed by atoms with Crippen LogP contribution in [-0.2, 0) is 17.8 Å². The van der Waals surface area contributed by atoms with E-state index < -0.39 is 5.60 Å². The lowest BCUT2D eigenvalue weighted by Gasteiger charge is -2.42. The second-order valence-electron chi connectivity index (χ2n) is 13.2. The quantitative estimate of drug-likeness (QED) is 0.327. The number of amides is 1. The van der Waals surface area contributed by atoms with Gasteiger partial charge in [-0.1, -0.05) is 87.8 Å². The van der Waals surface area contributed by atoms with Crippen molar-refractivity contribution in [3.05, 3.63) is 59.7 Å². The number of aliphatic hydroxyl groups is 1. The third-order valence-electron chi connectivity index (χ3n) is 9.73. The normalized spacial score (nSPS) is 24.2. The standard InChI is InChI=1S/C36H52N2O5/c1-36(40)27-38(35(39)41-26-30-15-7-6-8-16-30)23-13-22-37(25-32(36)31-17-9-4-2-3-5-10-18-31)21-12-11-14-29-19-20-33-34(24-29)43-28-42-33/h6-8,15-16,19-20,24,31-32,40H,2-5,9-14,17-18,21-23,25-28H2,1H3. The molecule has 2 aliphatic heterocycles. The fourth-order valence-corrected chi connectivity index (χ4v) is 7.29. The van der Waals surface area contributed by atoms with Gasteiger partial charge in [0.25, 0.3) is 0 Å². The molecule has 3 aliphatic rings. The summed E-state index contributed by atoms with van der Waals surface area (Å²) < 4.78 is 16.8. The van der Waals surface area contributed by atoms with E-state index >= 15 is 0 Å². The van der Waals surface area contributed by atoms with Gasteiger partial charge in [-0.15, -0.1) is 0 Å². The summed E-state index contributed by atoms with van der Waals surface area (Å²) >= 11 is 0. The minimum Gasteiger partial charge on any atom is -0.454 e. The average Bonchev–Trinajstić information content (AvgIpc) is 3.54.